The van der Waals surface area contributed by atoms with Crippen LogP contribution in [0.2, 0.25) is 0 Å². The van der Waals surface area contributed by atoms with Crippen LogP contribution >= 0.6 is 0 Å². The van der Waals surface area contributed by atoms with Crippen LogP contribution in [0.3, 0.4) is 0 Å². The van der Waals surface area contributed by atoms with Crippen LogP contribution in [0.15, 0.2) is 24.3 Å². The summed E-state index contributed by atoms with van der Waals surface area (Å²) >= 11 is 2.33. The molecular formula is C7H4AlCl2F3. The molecule has 0 radical (unpaired) electrons. The fraction of sp³-hybridized carbons (Fsp3) is 0.143. The smallest absolute Gasteiger partial charge is 1.00 e. The molecule has 0 fully saturated rings. The summed E-state index contributed by atoms with van der Waals surface area (Å²) in [5.41, 5.74) is -0.608. The van der Waals surface area contributed by atoms with E-state index in [-0.39, 0.29) is 24.8 Å². The van der Waals surface area contributed by atoms with E-state index in [2.05, 4.69) is 16.3 Å². The Kier molecular flexibility index (Phi) is 6.92. The first kappa shape index (κ1) is 15.6. The molecule has 0 aliphatic rings. The topological polar surface area (TPSA) is 0 Å². The van der Waals surface area contributed by atoms with Gasteiger partial charge in [-0.05, 0) is 0 Å². The Morgan fingerprint density at radius 1 is 0.923 bits per heavy atom. The molecule has 0 nitrogen and oxygen atoms in total. The molecule has 0 spiro atoms. The van der Waals surface area contributed by atoms with Gasteiger partial charge < -0.3 is 24.8 Å². The molecule has 1 aromatic rings. The molecule has 0 heterocycles. The monoisotopic (exact) mass is 242 g/mol. The van der Waals surface area contributed by atoms with Crippen molar-refractivity contribution in [1.29, 1.82) is 0 Å². The summed E-state index contributed by atoms with van der Waals surface area (Å²) in [6.07, 6.45) is -4.22. The van der Waals surface area contributed by atoms with Gasteiger partial charge in [-0.25, -0.2) is 0 Å². The Labute approximate surface area is 94.8 Å². The summed E-state index contributed by atoms with van der Waals surface area (Å²) in [6, 6.07) is 4.94. The molecule has 0 aliphatic carbocycles. The van der Waals surface area contributed by atoms with Gasteiger partial charge in [0.15, 0.2) is 0 Å². The van der Waals surface area contributed by atoms with Gasteiger partial charge in [0.2, 0.25) is 0 Å². The second-order valence-electron chi connectivity index (χ2n) is 2.12. The van der Waals surface area contributed by atoms with E-state index in [1.54, 1.807) is 0 Å². The van der Waals surface area contributed by atoms with Gasteiger partial charge in [0, 0.05) is 0 Å². The van der Waals surface area contributed by atoms with Crippen molar-refractivity contribution in [1.82, 2.24) is 0 Å². The van der Waals surface area contributed by atoms with Gasteiger partial charge in [-0.2, -0.15) is 0 Å². The second-order valence-corrected chi connectivity index (χ2v) is 2.79. The standard InChI is InChI=1S/C7H4F3.Al.2ClH/c8-7(9,10)6-4-2-1-3-5-6;;;/h2-5H;;2*1H/q;+2;;/p-2. The second kappa shape index (κ2) is 5.77. The molecule has 0 saturated carbocycles. The molecule has 0 aliphatic heterocycles. The molecular weight excluding hydrogens is 239 g/mol. The van der Waals surface area contributed by atoms with E-state index >= 15 is 0 Å². The molecule has 0 amide bonds. The fourth-order valence-electron chi connectivity index (χ4n) is 0.672. The van der Waals surface area contributed by atoms with Crippen LogP contribution in [0, 0.1) is 0 Å². The average Bonchev–Trinajstić information content (AvgIpc) is 1.86. The fourth-order valence-corrected chi connectivity index (χ4v) is 0.865. The number of hydrogen-bond donors (Lipinski definition) is 0. The van der Waals surface area contributed by atoms with Gasteiger partial charge in [-0.3, -0.25) is 0 Å². The summed E-state index contributed by atoms with van der Waals surface area (Å²) in [7, 11) is 0. The zero-order valence-corrected chi connectivity index (χ0v) is 8.94. The Morgan fingerprint density at radius 3 is 1.62 bits per heavy atom. The third kappa shape index (κ3) is 4.78. The van der Waals surface area contributed by atoms with E-state index in [1.165, 1.54) is 12.1 Å². The van der Waals surface area contributed by atoms with Gasteiger partial charge in [0.05, 0.1) is 0 Å². The number of alkyl halides is 3. The molecule has 0 unspecified atom stereocenters. The first-order chi connectivity index (χ1) is 5.00. The minimum Gasteiger partial charge on any atom is -1.00 e. The van der Waals surface area contributed by atoms with Crippen molar-refractivity contribution in [3.8, 4) is 0 Å². The van der Waals surface area contributed by atoms with E-state index in [9.17, 15) is 13.2 Å². The van der Waals surface area contributed by atoms with Crippen molar-refractivity contribution >= 4 is 20.7 Å². The minimum absolute atomic E-state index is 0. The largest absolute Gasteiger partial charge is 1.00 e. The van der Waals surface area contributed by atoms with Crippen LogP contribution < -0.4 is 29.2 Å². The maximum absolute atomic E-state index is 11.9. The van der Waals surface area contributed by atoms with E-state index in [4.69, 9.17) is 0 Å². The molecule has 0 bridgehead atoms. The normalized spacial score (nSPS) is 9.92. The van der Waals surface area contributed by atoms with Crippen LogP contribution in [0.4, 0.5) is 13.2 Å². The Balaban J connectivity index is 0. The van der Waals surface area contributed by atoms with Crippen LogP contribution in [-0.4, -0.2) is 16.3 Å². The molecule has 0 saturated heterocycles. The number of rotatable bonds is 0. The van der Waals surface area contributed by atoms with Crippen molar-refractivity contribution in [3.63, 3.8) is 0 Å². The van der Waals surface area contributed by atoms with Crippen molar-refractivity contribution in [2.45, 2.75) is 6.18 Å². The zero-order valence-electron chi connectivity index (χ0n) is 6.28. The molecule has 0 aromatic heterocycles. The molecule has 0 N–H and O–H groups in total. The average molecular weight is 243 g/mol. The van der Waals surface area contributed by atoms with Crippen LogP contribution in [0.1, 0.15) is 5.56 Å². The molecule has 70 valence electrons. The Morgan fingerprint density at radius 2 is 1.31 bits per heavy atom. The van der Waals surface area contributed by atoms with E-state index in [1.807, 2.05) is 0 Å². The van der Waals surface area contributed by atoms with Crippen molar-refractivity contribution in [3.05, 3.63) is 29.8 Å². The quantitative estimate of drug-likeness (QED) is 0.403. The predicted octanol–water partition coefficient (Wildman–Crippen LogP) is -4.49. The van der Waals surface area contributed by atoms with E-state index < -0.39 is 11.7 Å². The minimum atomic E-state index is -4.22. The van der Waals surface area contributed by atoms with Crippen molar-refractivity contribution < 1.29 is 38.0 Å². The van der Waals surface area contributed by atoms with Crippen molar-refractivity contribution in [2.75, 3.05) is 0 Å². The van der Waals surface area contributed by atoms with Gasteiger partial charge in [0.1, 0.15) is 0 Å². The molecule has 1 aromatic carbocycles. The van der Waals surface area contributed by atoms with Crippen LogP contribution in [0.25, 0.3) is 0 Å². The van der Waals surface area contributed by atoms with Gasteiger partial charge in [-0.1, -0.05) is 0 Å². The van der Waals surface area contributed by atoms with E-state index in [0.717, 1.165) is 16.6 Å². The summed E-state index contributed by atoms with van der Waals surface area (Å²) in [5, 5.41) is 0. The number of benzene rings is 1. The van der Waals surface area contributed by atoms with E-state index in [0.29, 0.717) is 0 Å². The molecule has 1 rings (SSSR count). The van der Waals surface area contributed by atoms with Crippen molar-refractivity contribution in [2.24, 2.45) is 0 Å². The van der Waals surface area contributed by atoms with Crippen LogP contribution in [0.5, 0.6) is 0 Å². The SMILES string of the molecule is FC(F)(F)c1cc[c]([Al+2])cc1.[Cl-].[Cl-]. The summed E-state index contributed by atoms with van der Waals surface area (Å²) in [5.74, 6) is 0. The van der Waals surface area contributed by atoms with Crippen LogP contribution in [-0.2, 0) is 6.18 Å². The first-order valence-corrected chi connectivity index (χ1v) is 3.50. The molecule has 0 atom stereocenters. The first-order valence-electron chi connectivity index (χ1n) is 2.93. The third-order valence-corrected chi connectivity index (χ3v) is 1.62. The Hall–Kier alpha value is 0.122. The molecule has 6 heteroatoms. The number of hydrogen-bond acceptors (Lipinski definition) is 0. The number of halogens is 5. The maximum atomic E-state index is 11.9. The van der Waals surface area contributed by atoms with Gasteiger partial charge in [-0.15, -0.1) is 0 Å². The maximum Gasteiger partial charge on any atom is -1.00 e. The summed E-state index contributed by atoms with van der Waals surface area (Å²) in [4.78, 5) is 0. The molecule has 13 heavy (non-hydrogen) atoms. The zero-order chi connectivity index (χ0) is 8.48. The Bertz CT molecular complexity index is 245. The third-order valence-electron chi connectivity index (χ3n) is 1.24. The van der Waals surface area contributed by atoms with Gasteiger partial charge >= 0.3 is 69.9 Å². The summed E-state index contributed by atoms with van der Waals surface area (Å²) in [6.45, 7) is 0. The summed E-state index contributed by atoms with van der Waals surface area (Å²) < 4.78 is 36.5. The predicted molar refractivity (Wildman–Crippen MR) is 36.8 cm³/mol. The van der Waals surface area contributed by atoms with Gasteiger partial charge in [0.25, 0.3) is 0 Å².